The number of aliphatic carboxylic acids is 1. The first-order valence-electron chi connectivity index (χ1n) is 6.91. The molecule has 2 aliphatic rings. The topological polar surface area (TPSA) is 81.1 Å². The first-order valence-corrected chi connectivity index (χ1v) is 6.91. The predicted octanol–water partition coefficient (Wildman–Crippen LogP) is 0.889. The Bertz CT molecular complexity index is 364. The highest BCUT2D eigenvalue weighted by atomic mass is 16.4. The molecule has 2 aliphatic heterocycles. The van der Waals surface area contributed by atoms with E-state index in [1.807, 2.05) is 13.8 Å². The van der Waals surface area contributed by atoms with Gasteiger partial charge in [0.15, 0.2) is 0 Å². The largest absolute Gasteiger partial charge is 0.480 e. The fraction of sp³-hybridized carbons (Fsp3) is 0.846. The van der Waals surface area contributed by atoms with Crippen LogP contribution in [-0.4, -0.2) is 62.8 Å². The smallest absolute Gasteiger partial charge is 0.326 e. The van der Waals surface area contributed by atoms with Crippen molar-refractivity contribution in [1.29, 1.82) is 0 Å². The molecule has 4 atom stereocenters. The summed E-state index contributed by atoms with van der Waals surface area (Å²) < 4.78 is 0. The van der Waals surface area contributed by atoms with E-state index in [2.05, 4.69) is 0 Å². The molecule has 2 saturated heterocycles. The standard InChI is InChI=1S/C13H22N2O4/c1-8-4-3-5-9(2)15(8)13(19)14-7-10(16)6-11(14)12(17)18/h8-11,16H,3-7H2,1-2H3,(H,17,18)/t8-,9+,10?,11-/m0/s1. The number of hydrogen-bond donors (Lipinski definition) is 2. The number of amides is 2. The zero-order valence-corrected chi connectivity index (χ0v) is 11.5. The maximum absolute atomic E-state index is 12.6. The lowest BCUT2D eigenvalue weighted by molar-refractivity contribution is -0.141. The lowest BCUT2D eigenvalue weighted by Gasteiger charge is -2.41. The number of urea groups is 1. The molecule has 0 aliphatic carbocycles. The number of carboxylic acids is 1. The Labute approximate surface area is 113 Å². The third-order valence-corrected chi connectivity index (χ3v) is 4.22. The minimum absolute atomic E-state index is 0.117. The van der Waals surface area contributed by atoms with Gasteiger partial charge in [-0.3, -0.25) is 0 Å². The summed E-state index contributed by atoms with van der Waals surface area (Å²) in [5.74, 6) is -1.04. The van der Waals surface area contributed by atoms with Crippen molar-refractivity contribution in [3.05, 3.63) is 0 Å². The monoisotopic (exact) mass is 270 g/mol. The second-order valence-electron chi connectivity index (χ2n) is 5.71. The number of aliphatic hydroxyl groups is 1. The molecule has 2 amide bonds. The molecule has 6 heteroatoms. The first-order chi connectivity index (χ1) is 8.91. The molecule has 0 aromatic rings. The van der Waals surface area contributed by atoms with Crippen LogP contribution in [0.2, 0.25) is 0 Å². The van der Waals surface area contributed by atoms with E-state index >= 15 is 0 Å². The summed E-state index contributed by atoms with van der Waals surface area (Å²) in [7, 11) is 0. The van der Waals surface area contributed by atoms with Crippen molar-refractivity contribution in [3.63, 3.8) is 0 Å². The van der Waals surface area contributed by atoms with Gasteiger partial charge in [0.25, 0.3) is 0 Å². The van der Waals surface area contributed by atoms with Crippen LogP contribution in [0.4, 0.5) is 4.79 Å². The number of carboxylic acid groups (broad SMARTS) is 1. The number of nitrogens with zero attached hydrogens (tertiary/aromatic N) is 2. The zero-order chi connectivity index (χ0) is 14.2. The van der Waals surface area contributed by atoms with Crippen LogP contribution in [0.15, 0.2) is 0 Å². The van der Waals surface area contributed by atoms with Gasteiger partial charge in [-0.15, -0.1) is 0 Å². The Morgan fingerprint density at radius 2 is 1.74 bits per heavy atom. The normalized spacial score (nSPS) is 35.5. The number of β-amino-alcohol motifs (C(OH)–C–C–N with tert-alkyl or cyclic N) is 1. The Hall–Kier alpha value is -1.30. The fourth-order valence-electron chi connectivity index (χ4n) is 3.21. The van der Waals surface area contributed by atoms with E-state index in [4.69, 9.17) is 5.11 Å². The average molecular weight is 270 g/mol. The molecule has 2 fully saturated rings. The van der Waals surface area contributed by atoms with Crippen LogP contribution >= 0.6 is 0 Å². The summed E-state index contributed by atoms with van der Waals surface area (Å²) in [5.41, 5.74) is 0. The molecule has 2 heterocycles. The van der Waals surface area contributed by atoms with Gasteiger partial charge in [-0.05, 0) is 33.1 Å². The Balaban J connectivity index is 2.15. The van der Waals surface area contributed by atoms with E-state index in [0.29, 0.717) is 0 Å². The van der Waals surface area contributed by atoms with Crippen molar-refractivity contribution in [2.45, 2.75) is 63.8 Å². The summed E-state index contributed by atoms with van der Waals surface area (Å²) in [6.07, 6.45) is 2.38. The number of carbonyl (C=O) groups excluding carboxylic acids is 1. The van der Waals surface area contributed by atoms with E-state index < -0.39 is 18.1 Å². The van der Waals surface area contributed by atoms with Crippen LogP contribution in [0.5, 0.6) is 0 Å². The molecule has 2 N–H and O–H groups in total. The Morgan fingerprint density at radius 3 is 2.26 bits per heavy atom. The SMILES string of the molecule is C[C@@H]1CCC[C@H](C)N1C(=O)N1CC(O)C[C@H]1C(=O)O. The number of carbonyl (C=O) groups is 2. The molecule has 0 aromatic carbocycles. The highest BCUT2D eigenvalue weighted by Crippen LogP contribution is 2.27. The molecule has 19 heavy (non-hydrogen) atoms. The van der Waals surface area contributed by atoms with E-state index in [1.165, 1.54) is 4.90 Å². The molecule has 0 radical (unpaired) electrons. The van der Waals surface area contributed by atoms with Gasteiger partial charge < -0.3 is 20.0 Å². The number of piperidine rings is 1. The van der Waals surface area contributed by atoms with Gasteiger partial charge in [0, 0.05) is 25.0 Å². The molecule has 0 spiro atoms. The molecule has 2 rings (SSSR count). The molecule has 0 bridgehead atoms. The minimum atomic E-state index is -1.04. The molecular formula is C13H22N2O4. The molecule has 0 saturated carbocycles. The summed E-state index contributed by atoms with van der Waals surface area (Å²) in [6.45, 7) is 4.11. The fourth-order valence-corrected chi connectivity index (χ4v) is 3.21. The minimum Gasteiger partial charge on any atom is -0.480 e. The first kappa shape index (κ1) is 14.1. The van der Waals surface area contributed by atoms with Crippen molar-refractivity contribution in [2.75, 3.05) is 6.54 Å². The third kappa shape index (κ3) is 2.68. The van der Waals surface area contributed by atoms with Gasteiger partial charge >= 0.3 is 12.0 Å². The zero-order valence-electron chi connectivity index (χ0n) is 11.5. The highest BCUT2D eigenvalue weighted by Gasteiger charge is 2.42. The quantitative estimate of drug-likeness (QED) is 0.741. The van der Waals surface area contributed by atoms with Crippen molar-refractivity contribution < 1.29 is 19.8 Å². The molecule has 1 unspecified atom stereocenters. The lowest BCUT2D eigenvalue weighted by Crippen LogP contribution is -2.55. The lowest BCUT2D eigenvalue weighted by atomic mass is 9.98. The number of likely N-dealkylation sites (tertiary alicyclic amines) is 2. The Kier molecular flexibility index (Phi) is 3.99. The van der Waals surface area contributed by atoms with Crippen molar-refractivity contribution >= 4 is 12.0 Å². The van der Waals surface area contributed by atoms with Gasteiger partial charge in [-0.1, -0.05) is 0 Å². The predicted molar refractivity (Wildman–Crippen MR) is 68.8 cm³/mol. The van der Waals surface area contributed by atoms with Crippen LogP contribution in [0, 0.1) is 0 Å². The van der Waals surface area contributed by atoms with Gasteiger partial charge in [0.05, 0.1) is 6.10 Å². The molecule has 0 aromatic heterocycles. The summed E-state index contributed by atoms with van der Waals surface area (Å²) in [4.78, 5) is 26.8. The summed E-state index contributed by atoms with van der Waals surface area (Å²) in [6, 6.07) is -0.889. The van der Waals surface area contributed by atoms with Crippen molar-refractivity contribution in [1.82, 2.24) is 9.80 Å². The van der Waals surface area contributed by atoms with Crippen LogP contribution in [0.3, 0.4) is 0 Å². The summed E-state index contributed by atoms with van der Waals surface area (Å²) in [5, 5.41) is 18.8. The molecule has 6 nitrogen and oxygen atoms in total. The van der Waals surface area contributed by atoms with Crippen molar-refractivity contribution in [2.24, 2.45) is 0 Å². The maximum Gasteiger partial charge on any atom is 0.326 e. The van der Waals surface area contributed by atoms with Gasteiger partial charge in [0.2, 0.25) is 0 Å². The molecule has 108 valence electrons. The van der Waals surface area contributed by atoms with E-state index in [9.17, 15) is 14.7 Å². The second kappa shape index (κ2) is 5.36. The van der Waals surface area contributed by atoms with Crippen molar-refractivity contribution in [3.8, 4) is 0 Å². The summed E-state index contributed by atoms with van der Waals surface area (Å²) >= 11 is 0. The molecular weight excluding hydrogens is 248 g/mol. The van der Waals surface area contributed by atoms with Crippen LogP contribution in [-0.2, 0) is 4.79 Å². The third-order valence-electron chi connectivity index (χ3n) is 4.22. The van der Waals surface area contributed by atoms with E-state index in [-0.39, 0.29) is 31.1 Å². The number of hydrogen-bond acceptors (Lipinski definition) is 3. The van der Waals surface area contributed by atoms with Gasteiger partial charge in [-0.25, -0.2) is 9.59 Å². The van der Waals surface area contributed by atoms with Crippen LogP contribution < -0.4 is 0 Å². The van der Waals surface area contributed by atoms with Crippen LogP contribution in [0.1, 0.15) is 39.5 Å². The van der Waals surface area contributed by atoms with Gasteiger partial charge in [-0.2, -0.15) is 0 Å². The highest BCUT2D eigenvalue weighted by molar-refractivity contribution is 5.84. The van der Waals surface area contributed by atoms with Gasteiger partial charge in [0.1, 0.15) is 6.04 Å². The van der Waals surface area contributed by atoms with E-state index in [0.717, 1.165) is 19.3 Å². The number of rotatable bonds is 1. The average Bonchev–Trinajstić information content (AvgIpc) is 2.71. The van der Waals surface area contributed by atoms with E-state index in [1.54, 1.807) is 4.90 Å². The maximum atomic E-state index is 12.6. The second-order valence-corrected chi connectivity index (χ2v) is 5.71. The Morgan fingerprint density at radius 1 is 1.16 bits per heavy atom. The van der Waals surface area contributed by atoms with Crippen LogP contribution in [0.25, 0.3) is 0 Å². The number of aliphatic hydroxyl groups excluding tert-OH is 1.